The van der Waals surface area contributed by atoms with Gasteiger partial charge in [-0.3, -0.25) is 5.32 Å². The number of carbonyl (C=O) groups is 1. The molecule has 0 aliphatic rings. The van der Waals surface area contributed by atoms with Crippen molar-refractivity contribution < 1.29 is 14.3 Å². The average molecular weight is 256 g/mol. The Morgan fingerprint density at radius 1 is 1.00 bits per heavy atom. The van der Waals surface area contributed by atoms with Crippen LogP contribution in [0.1, 0.15) is 5.56 Å². The second kappa shape index (κ2) is 5.91. The summed E-state index contributed by atoms with van der Waals surface area (Å²) in [6.07, 6.45) is -0.540. The lowest BCUT2D eigenvalue weighted by Gasteiger charge is -2.07. The first-order chi connectivity index (χ1) is 9.17. The predicted molar refractivity (Wildman–Crippen MR) is 73.5 cm³/mol. The Kier molecular flexibility index (Phi) is 4.03. The van der Waals surface area contributed by atoms with Gasteiger partial charge in [-0.1, -0.05) is 12.1 Å². The number of anilines is 1. The van der Waals surface area contributed by atoms with Gasteiger partial charge in [0.15, 0.2) is 0 Å². The number of ether oxygens (including phenoxy) is 2. The van der Waals surface area contributed by atoms with Crippen LogP contribution >= 0.6 is 0 Å². The van der Waals surface area contributed by atoms with E-state index in [2.05, 4.69) is 12.2 Å². The van der Waals surface area contributed by atoms with Crippen molar-refractivity contribution in [2.75, 3.05) is 12.4 Å². The molecule has 1 radical (unpaired) electrons. The molecule has 0 spiro atoms. The van der Waals surface area contributed by atoms with Gasteiger partial charge in [0.05, 0.1) is 7.11 Å². The van der Waals surface area contributed by atoms with Crippen LogP contribution in [0.2, 0.25) is 0 Å². The smallest absolute Gasteiger partial charge is 0.417 e. The zero-order valence-corrected chi connectivity index (χ0v) is 10.6. The minimum absolute atomic E-state index is 0.451. The maximum atomic E-state index is 11.6. The van der Waals surface area contributed by atoms with Crippen molar-refractivity contribution in [3.63, 3.8) is 0 Å². The van der Waals surface area contributed by atoms with E-state index in [1.54, 1.807) is 43.5 Å². The molecule has 0 aliphatic heterocycles. The van der Waals surface area contributed by atoms with Crippen LogP contribution in [0.3, 0.4) is 0 Å². The van der Waals surface area contributed by atoms with E-state index in [1.807, 2.05) is 12.1 Å². The molecule has 4 heteroatoms. The van der Waals surface area contributed by atoms with Crippen LogP contribution in [0, 0.1) is 6.92 Å². The third-order valence-electron chi connectivity index (χ3n) is 2.47. The van der Waals surface area contributed by atoms with Crippen LogP contribution in [0.25, 0.3) is 0 Å². The van der Waals surface area contributed by atoms with Gasteiger partial charge in [-0.15, -0.1) is 0 Å². The highest BCUT2D eigenvalue weighted by atomic mass is 16.6. The molecule has 4 nitrogen and oxygen atoms in total. The summed E-state index contributed by atoms with van der Waals surface area (Å²) in [5, 5.41) is 2.63. The lowest BCUT2D eigenvalue weighted by molar-refractivity contribution is 0.215. The fourth-order valence-corrected chi connectivity index (χ4v) is 1.48. The topological polar surface area (TPSA) is 47.6 Å². The summed E-state index contributed by atoms with van der Waals surface area (Å²) in [5.41, 5.74) is 1.54. The molecule has 19 heavy (non-hydrogen) atoms. The summed E-state index contributed by atoms with van der Waals surface area (Å²) in [5.74, 6) is 1.16. The maximum absolute atomic E-state index is 11.6. The van der Waals surface area contributed by atoms with Crippen LogP contribution in [0.4, 0.5) is 10.5 Å². The molecule has 1 N–H and O–H groups in total. The first kappa shape index (κ1) is 13.0. The summed E-state index contributed by atoms with van der Waals surface area (Å²) in [4.78, 5) is 11.6. The number of hydrogen-bond acceptors (Lipinski definition) is 3. The second-order valence-electron chi connectivity index (χ2n) is 3.89. The monoisotopic (exact) mass is 256 g/mol. The summed E-state index contributed by atoms with van der Waals surface area (Å²) in [6.45, 7) is 3.77. The predicted octanol–water partition coefficient (Wildman–Crippen LogP) is 3.49. The van der Waals surface area contributed by atoms with Crippen LogP contribution in [-0.4, -0.2) is 13.2 Å². The molecule has 97 valence electrons. The largest absolute Gasteiger partial charge is 0.497 e. The SMILES string of the molecule is [CH2]c1ccc(NC(=O)Oc2ccc(OC)cc2)cc1. The molecule has 0 bridgehead atoms. The van der Waals surface area contributed by atoms with Crippen molar-refractivity contribution >= 4 is 11.8 Å². The Morgan fingerprint density at radius 3 is 2.16 bits per heavy atom. The minimum Gasteiger partial charge on any atom is -0.497 e. The highest BCUT2D eigenvalue weighted by Crippen LogP contribution is 2.17. The molecule has 0 atom stereocenters. The average Bonchev–Trinajstić information content (AvgIpc) is 2.42. The summed E-state index contributed by atoms with van der Waals surface area (Å²) in [7, 11) is 1.58. The fourth-order valence-electron chi connectivity index (χ4n) is 1.48. The maximum Gasteiger partial charge on any atom is 0.417 e. The Morgan fingerprint density at radius 2 is 1.58 bits per heavy atom. The minimum atomic E-state index is -0.540. The summed E-state index contributed by atoms with van der Waals surface area (Å²) >= 11 is 0. The van der Waals surface area contributed by atoms with Gasteiger partial charge in [-0.25, -0.2) is 4.79 Å². The molecule has 0 saturated heterocycles. The Balaban J connectivity index is 1.95. The van der Waals surface area contributed by atoms with Gasteiger partial charge in [0.1, 0.15) is 11.5 Å². The molecule has 2 rings (SSSR count). The molecule has 2 aromatic carbocycles. The van der Waals surface area contributed by atoms with Crippen molar-refractivity contribution in [1.82, 2.24) is 0 Å². The van der Waals surface area contributed by atoms with Crippen molar-refractivity contribution in [1.29, 1.82) is 0 Å². The van der Waals surface area contributed by atoms with Crippen molar-refractivity contribution in [2.45, 2.75) is 0 Å². The van der Waals surface area contributed by atoms with Gasteiger partial charge in [0.2, 0.25) is 0 Å². The van der Waals surface area contributed by atoms with Crippen LogP contribution in [0.5, 0.6) is 11.5 Å². The van der Waals surface area contributed by atoms with E-state index in [1.165, 1.54) is 0 Å². The normalized spacial score (nSPS) is 9.79. The lowest BCUT2D eigenvalue weighted by Crippen LogP contribution is -2.16. The zero-order valence-electron chi connectivity index (χ0n) is 10.6. The molecule has 0 saturated carbocycles. The second-order valence-corrected chi connectivity index (χ2v) is 3.89. The van der Waals surface area contributed by atoms with E-state index in [0.717, 1.165) is 5.56 Å². The van der Waals surface area contributed by atoms with E-state index >= 15 is 0 Å². The first-order valence-electron chi connectivity index (χ1n) is 5.72. The lowest BCUT2D eigenvalue weighted by atomic mass is 10.2. The van der Waals surface area contributed by atoms with E-state index in [9.17, 15) is 4.79 Å². The number of benzene rings is 2. The third kappa shape index (κ3) is 3.74. The van der Waals surface area contributed by atoms with Crippen LogP contribution in [0.15, 0.2) is 48.5 Å². The van der Waals surface area contributed by atoms with E-state index in [4.69, 9.17) is 9.47 Å². The molecule has 0 aromatic heterocycles. The quantitative estimate of drug-likeness (QED) is 0.914. The van der Waals surface area contributed by atoms with Crippen molar-refractivity contribution in [3.8, 4) is 11.5 Å². The first-order valence-corrected chi connectivity index (χ1v) is 5.72. The van der Waals surface area contributed by atoms with E-state index in [-0.39, 0.29) is 0 Å². The van der Waals surface area contributed by atoms with Gasteiger partial charge < -0.3 is 9.47 Å². The molecule has 0 fully saturated rings. The Bertz CT molecular complexity index is 547. The van der Waals surface area contributed by atoms with E-state index < -0.39 is 6.09 Å². The Labute approximate surface area is 112 Å². The standard InChI is InChI=1S/C15H14NO3/c1-11-3-5-12(6-4-11)16-15(17)19-14-9-7-13(18-2)8-10-14/h3-10H,1H2,2H3,(H,16,17). The van der Waals surface area contributed by atoms with Gasteiger partial charge >= 0.3 is 6.09 Å². The van der Waals surface area contributed by atoms with Gasteiger partial charge in [0, 0.05) is 5.69 Å². The number of hydrogen-bond donors (Lipinski definition) is 1. The molecule has 0 unspecified atom stereocenters. The fraction of sp³-hybridized carbons (Fsp3) is 0.0667. The highest BCUT2D eigenvalue weighted by molar-refractivity contribution is 5.86. The van der Waals surface area contributed by atoms with Gasteiger partial charge in [0.25, 0.3) is 0 Å². The Hall–Kier alpha value is -2.49. The number of nitrogens with one attached hydrogen (secondary N) is 1. The molecule has 1 amide bonds. The number of carbonyl (C=O) groups excluding carboxylic acids is 1. The zero-order chi connectivity index (χ0) is 13.7. The van der Waals surface area contributed by atoms with E-state index in [0.29, 0.717) is 17.2 Å². The van der Waals surface area contributed by atoms with Crippen molar-refractivity contribution in [2.24, 2.45) is 0 Å². The van der Waals surface area contributed by atoms with Crippen LogP contribution < -0.4 is 14.8 Å². The van der Waals surface area contributed by atoms with Crippen LogP contribution in [-0.2, 0) is 0 Å². The number of rotatable bonds is 3. The number of methoxy groups -OCH3 is 1. The molecule has 2 aromatic rings. The number of amides is 1. The molecular weight excluding hydrogens is 242 g/mol. The summed E-state index contributed by atoms with van der Waals surface area (Å²) in [6, 6.07) is 13.9. The molecular formula is C15H14NO3. The highest BCUT2D eigenvalue weighted by Gasteiger charge is 2.05. The molecule has 0 heterocycles. The third-order valence-corrected chi connectivity index (χ3v) is 2.47. The van der Waals surface area contributed by atoms with Crippen molar-refractivity contribution in [3.05, 3.63) is 61.0 Å². The summed E-state index contributed by atoms with van der Waals surface area (Å²) < 4.78 is 10.1. The molecule has 0 aliphatic carbocycles. The van der Waals surface area contributed by atoms with Gasteiger partial charge in [-0.2, -0.15) is 0 Å². The van der Waals surface area contributed by atoms with Gasteiger partial charge in [-0.05, 0) is 48.9 Å².